The molecule has 0 bridgehead atoms. The summed E-state index contributed by atoms with van der Waals surface area (Å²) in [6.07, 6.45) is 0.937. The van der Waals surface area contributed by atoms with Gasteiger partial charge in [0.05, 0.1) is 5.69 Å². The van der Waals surface area contributed by atoms with Crippen LogP contribution in [0.15, 0.2) is 41.8 Å². The minimum atomic E-state index is -0.191. The summed E-state index contributed by atoms with van der Waals surface area (Å²) in [5.41, 5.74) is 0.578. The van der Waals surface area contributed by atoms with Crippen molar-refractivity contribution in [2.75, 3.05) is 11.9 Å². The Labute approximate surface area is 92.6 Å². The van der Waals surface area contributed by atoms with Crippen LogP contribution in [0.1, 0.15) is 4.88 Å². The number of halogens is 1. The van der Waals surface area contributed by atoms with Crippen LogP contribution in [0, 0.1) is 5.82 Å². The van der Waals surface area contributed by atoms with Gasteiger partial charge in [0.1, 0.15) is 5.82 Å². The first-order valence-corrected chi connectivity index (χ1v) is 5.75. The zero-order chi connectivity index (χ0) is 10.5. The summed E-state index contributed by atoms with van der Waals surface area (Å²) in [6.45, 7) is 0.765. The third-order valence-electron chi connectivity index (χ3n) is 2.14. The van der Waals surface area contributed by atoms with Gasteiger partial charge in [0, 0.05) is 11.4 Å². The fraction of sp³-hybridized carbons (Fsp3) is 0.167. The Morgan fingerprint density at radius 2 is 2.00 bits per heavy atom. The van der Waals surface area contributed by atoms with Gasteiger partial charge in [-0.3, -0.25) is 0 Å². The van der Waals surface area contributed by atoms with Crippen molar-refractivity contribution in [1.82, 2.24) is 0 Å². The second kappa shape index (κ2) is 4.94. The second-order valence-corrected chi connectivity index (χ2v) is 4.27. The van der Waals surface area contributed by atoms with Crippen LogP contribution < -0.4 is 5.32 Å². The third-order valence-corrected chi connectivity index (χ3v) is 3.08. The van der Waals surface area contributed by atoms with E-state index in [-0.39, 0.29) is 5.82 Å². The van der Waals surface area contributed by atoms with Crippen molar-refractivity contribution in [1.29, 1.82) is 0 Å². The van der Waals surface area contributed by atoms with Crippen LogP contribution in [-0.2, 0) is 6.42 Å². The first-order chi connectivity index (χ1) is 7.36. The summed E-state index contributed by atoms with van der Waals surface area (Å²) in [7, 11) is 0. The summed E-state index contributed by atoms with van der Waals surface area (Å²) >= 11 is 1.73. The molecule has 15 heavy (non-hydrogen) atoms. The number of nitrogens with one attached hydrogen (secondary N) is 1. The molecule has 1 heterocycles. The molecule has 0 saturated carbocycles. The summed E-state index contributed by atoms with van der Waals surface area (Å²) in [5.74, 6) is -0.191. The molecule has 0 unspecified atom stereocenters. The smallest absolute Gasteiger partial charge is 0.146 e. The number of para-hydroxylation sites is 1. The SMILES string of the molecule is Fc1ccccc1NCCc1cccs1. The van der Waals surface area contributed by atoms with E-state index in [1.54, 1.807) is 23.5 Å². The Kier molecular flexibility index (Phi) is 3.35. The number of thiophene rings is 1. The summed E-state index contributed by atoms with van der Waals surface area (Å²) in [6, 6.07) is 10.9. The van der Waals surface area contributed by atoms with Crippen LogP contribution in [-0.4, -0.2) is 6.54 Å². The van der Waals surface area contributed by atoms with Gasteiger partial charge in [0.15, 0.2) is 0 Å². The highest BCUT2D eigenvalue weighted by Crippen LogP contribution is 2.13. The summed E-state index contributed by atoms with van der Waals surface area (Å²) in [5, 5.41) is 5.14. The fourth-order valence-electron chi connectivity index (χ4n) is 1.38. The average Bonchev–Trinajstić information content (AvgIpc) is 2.74. The van der Waals surface area contributed by atoms with E-state index in [4.69, 9.17) is 0 Å². The van der Waals surface area contributed by atoms with Gasteiger partial charge in [0.2, 0.25) is 0 Å². The molecule has 1 aromatic heterocycles. The normalized spacial score (nSPS) is 10.2. The molecule has 1 N–H and O–H groups in total. The first kappa shape index (κ1) is 10.2. The van der Waals surface area contributed by atoms with Crippen molar-refractivity contribution < 1.29 is 4.39 Å². The fourth-order valence-corrected chi connectivity index (χ4v) is 2.09. The average molecular weight is 221 g/mol. The maximum absolute atomic E-state index is 13.2. The lowest BCUT2D eigenvalue weighted by Crippen LogP contribution is -2.05. The number of anilines is 1. The highest BCUT2D eigenvalue weighted by Gasteiger charge is 1.99. The van der Waals surface area contributed by atoms with E-state index in [2.05, 4.69) is 16.8 Å². The molecular weight excluding hydrogens is 209 g/mol. The topological polar surface area (TPSA) is 12.0 Å². The first-order valence-electron chi connectivity index (χ1n) is 4.87. The van der Waals surface area contributed by atoms with Crippen molar-refractivity contribution in [2.24, 2.45) is 0 Å². The summed E-state index contributed by atoms with van der Waals surface area (Å²) in [4.78, 5) is 1.32. The largest absolute Gasteiger partial charge is 0.382 e. The van der Waals surface area contributed by atoms with Crippen LogP contribution in [0.2, 0.25) is 0 Å². The van der Waals surface area contributed by atoms with Gasteiger partial charge in [-0.2, -0.15) is 0 Å². The highest BCUT2D eigenvalue weighted by atomic mass is 32.1. The standard InChI is InChI=1S/C12H12FNS/c13-11-5-1-2-6-12(11)14-8-7-10-4-3-9-15-10/h1-6,9,14H,7-8H2. The molecule has 0 amide bonds. The molecule has 0 spiro atoms. The van der Waals surface area contributed by atoms with Gasteiger partial charge in [-0.15, -0.1) is 11.3 Å². The molecule has 0 aliphatic carbocycles. The number of hydrogen-bond donors (Lipinski definition) is 1. The van der Waals surface area contributed by atoms with E-state index < -0.39 is 0 Å². The van der Waals surface area contributed by atoms with Crippen molar-refractivity contribution in [2.45, 2.75) is 6.42 Å². The van der Waals surface area contributed by atoms with E-state index in [1.807, 2.05) is 12.1 Å². The van der Waals surface area contributed by atoms with Crippen molar-refractivity contribution in [3.63, 3.8) is 0 Å². The van der Waals surface area contributed by atoms with E-state index in [0.29, 0.717) is 5.69 Å². The van der Waals surface area contributed by atoms with Gasteiger partial charge in [-0.25, -0.2) is 4.39 Å². The van der Waals surface area contributed by atoms with Crippen molar-refractivity contribution >= 4 is 17.0 Å². The maximum Gasteiger partial charge on any atom is 0.146 e. The predicted octanol–water partition coefficient (Wildman–Crippen LogP) is 3.54. The second-order valence-electron chi connectivity index (χ2n) is 3.24. The maximum atomic E-state index is 13.2. The lowest BCUT2D eigenvalue weighted by atomic mass is 10.3. The minimum Gasteiger partial charge on any atom is -0.382 e. The van der Waals surface area contributed by atoms with Crippen molar-refractivity contribution in [3.8, 4) is 0 Å². The zero-order valence-corrected chi connectivity index (χ0v) is 9.06. The molecule has 1 aromatic carbocycles. The Morgan fingerprint density at radius 1 is 1.13 bits per heavy atom. The Morgan fingerprint density at radius 3 is 2.73 bits per heavy atom. The van der Waals surface area contributed by atoms with E-state index >= 15 is 0 Å². The van der Waals surface area contributed by atoms with Crippen LogP contribution in [0.4, 0.5) is 10.1 Å². The molecule has 0 aliphatic rings. The van der Waals surface area contributed by atoms with Crippen LogP contribution in [0.25, 0.3) is 0 Å². The quantitative estimate of drug-likeness (QED) is 0.832. The minimum absolute atomic E-state index is 0.191. The molecule has 0 atom stereocenters. The van der Waals surface area contributed by atoms with Gasteiger partial charge < -0.3 is 5.32 Å². The molecule has 0 radical (unpaired) electrons. The molecule has 3 heteroatoms. The van der Waals surface area contributed by atoms with E-state index in [1.165, 1.54) is 10.9 Å². The van der Waals surface area contributed by atoms with Crippen molar-refractivity contribution in [3.05, 3.63) is 52.5 Å². The lowest BCUT2D eigenvalue weighted by Gasteiger charge is -2.05. The van der Waals surface area contributed by atoms with Gasteiger partial charge in [-0.05, 0) is 30.0 Å². The molecule has 1 nitrogen and oxygen atoms in total. The summed E-state index contributed by atoms with van der Waals surface area (Å²) < 4.78 is 13.2. The molecule has 0 saturated heterocycles. The monoisotopic (exact) mass is 221 g/mol. The lowest BCUT2D eigenvalue weighted by molar-refractivity contribution is 0.630. The molecule has 0 aliphatic heterocycles. The van der Waals surface area contributed by atoms with E-state index in [0.717, 1.165) is 13.0 Å². The third kappa shape index (κ3) is 2.80. The van der Waals surface area contributed by atoms with Gasteiger partial charge in [-0.1, -0.05) is 18.2 Å². The van der Waals surface area contributed by atoms with Gasteiger partial charge in [0.25, 0.3) is 0 Å². The van der Waals surface area contributed by atoms with Gasteiger partial charge >= 0.3 is 0 Å². The molecule has 0 fully saturated rings. The number of rotatable bonds is 4. The molecular formula is C12H12FNS. The Balaban J connectivity index is 1.86. The molecule has 2 aromatic rings. The number of benzene rings is 1. The molecule has 78 valence electrons. The van der Waals surface area contributed by atoms with E-state index in [9.17, 15) is 4.39 Å². The Bertz CT molecular complexity index is 411. The number of hydrogen-bond acceptors (Lipinski definition) is 2. The molecule has 2 rings (SSSR count). The zero-order valence-electron chi connectivity index (χ0n) is 8.24. The van der Waals surface area contributed by atoms with Crippen LogP contribution >= 0.6 is 11.3 Å². The highest BCUT2D eigenvalue weighted by molar-refractivity contribution is 7.09. The van der Waals surface area contributed by atoms with Crippen LogP contribution in [0.3, 0.4) is 0 Å². The van der Waals surface area contributed by atoms with Crippen LogP contribution in [0.5, 0.6) is 0 Å². The Hall–Kier alpha value is -1.35. The predicted molar refractivity (Wildman–Crippen MR) is 62.9 cm³/mol.